The first-order chi connectivity index (χ1) is 13.2. The molecule has 3 aromatic rings. The number of aromatic nitrogens is 2. The maximum Gasteiger partial charge on any atom is 0.360 e. The van der Waals surface area contributed by atoms with Crippen LogP contribution in [0.15, 0.2) is 48.5 Å². The van der Waals surface area contributed by atoms with Crippen LogP contribution < -0.4 is 9.80 Å². The van der Waals surface area contributed by atoms with Gasteiger partial charge in [0.05, 0.1) is 18.1 Å². The smallest absolute Gasteiger partial charge is 0.360 e. The highest BCUT2D eigenvalue weighted by molar-refractivity contribution is 5.95. The zero-order chi connectivity index (χ0) is 18.8. The van der Waals surface area contributed by atoms with Crippen LogP contribution in [-0.4, -0.2) is 49.2 Å². The highest BCUT2D eigenvalue weighted by atomic mass is 19.1. The third kappa shape index (κ3) is 3.40. The molecule has 138 valence electrons. The molecule has 0 aliphatic carbocycles. The number of carbonyl (C=O) groups excluding carboxylic acids is 1. The first kappa shape index (κ1) is 17.2. The van der Waals surface area contributed by atoms with Crippen LogP contribution in [0.2, 0.25) is 0 Å². The van der Waals surface area contributed by atoms with E-state index in [0.29, 0.717) is 24.4 Å². The van der Waals surface area contributed by atoms with Crippen molar-refractivity contribution in [3.63, 3.8) is 0 Å². The number of methoxy groups -OCH3 is 1. The fraction of sp³-hybridized carbons (Fsp3) is 0.250. The van der Waals surface area contributed by atoms with Crippen LogP contribution in [0.5, 0.6) is 0 Å². The summed E-state index contributed by atoms with van der Waals surface area (Å²) in [6, 6.07) is 13.9. The van der Waals surface area contributed by atoms with Crippen LogP contribution in [0.3, 0.4) is 0 Å². The molecular formula is C20H19FN4O2. The van der Waals surface area contributed by atoms with Crippen LogP contribution in [0.25, 0.3) is 11.0 Å². The second-order valence-corrected chi connectivity index (χ2v) is 6.33. The van der Waals surface area contributed by atoms with E-state index in [1.165, 1.54) is 19.2 Å². The second kappa shape index (κ2) is 7.19. The Bertz CT molecular complexity index is 969. The lowest BCUT2D eigenvalue weighted by Crippen LogP contribution is -2.47. The minimum atomic E-state index is -0.496. The number of rotatable bonds is 3. The molecule has 6 nitrogen and oxygen atoms in total. The van der Waals surface area contributed by atoms with Crippen molar-refractivity contribution in [2.24, 2.45) is 0 Å². The molecule has 0 N–H and O–H groups in total. The van der Waals surface area contributed by atoms with Gasteiger partial charge in [0, 0.05) is 31.9 Å². The van der Waals surface area contributed by atoms with Crippen molar-refractivity contribution in [1.82, 2.24) is 9.97 Å². The van der Waals surface area contributed by atoms with Crippen molar-refractivity contribution in [3.05, 3.63) is 60.0 Å². The zero-order valence-corrected chi connectivity index (χ0v) is 14.9. The number of fused-ring (bicyclic) bond motifs is 1. The van der Waals surface area contributed by atoms with Gasteiger partial charge < -0.3 is 14.5 Å². The summed E-state index contributed by atoms with van der Waals surface area (Å²) in [7, 11) is 1.34. The predicted octanol–water partition coefficient (Wildman–Crippen LogP) is 2.88. The summed E-state index contributed by atoms with van der Waals surface area (Å²) >= 11 is 0. The third-order valence-electron chi connectivity index (χ3n) is 4.70. The normalized spacial score (nSPS) is 14.4. The molecule has 0 saturated carbocycles. The SMILES string of the molecule is COC(=O)c1nc2ccccc2nc1N1CCN(c2ccc(F)cc2)CC1. The van der Waals surface area contributed by atoms with Crippen molar-refractivity contribution in [3.8, 4) is 0 Å². The standard InChI is InChI=1S/C20H19FN4O2/c1-27-20(26)18-19(23-17-5-3-2-4-16(17)22-18)25-12-10-24(11-13-25)15-8-6-14(21)7-9-15/h2-9H,10-13H2,1H3. The maximum absolute atomic E-state index is 13.1. The number of ether oxygens (including phenoxy) is 1. The summed E-state index contributed by atoms with van der Waals surface area (Å²) in [6.07, 6.45) is 0. The second-order valence-electron chi connectivity index (χ2n) is 6.33. The Morgan fingerprint density at radius 1 is 0.926 bits per heavy atom. The largest absolute Gasteiger partial charge is 0.464 e. The molecule has 1 aromatic heterocycles. The van der Waals surface area contributed by atoms with E-state index in [0.717, 1.165) is 24.3 Å². The molecule has 0 unspecified atom stereocenters. The first-order valence-electron chi connectivity index (χ1n) is 8.76. The molecule has 1 fully saturated rings. The Balaban J connectivity index is 1.61. The number of carbonyl (C=O) groups is 1. The van der Waals surface area contributed by atoms with Crippen LogP contribution in [0, 0.1) is 5.82 Å². The highest BCUT2D eigenvalue weighted by Gasteiger charge is 2.25. The zero-order valence-electron chi connectivity index (χ0n) is 14.9. The monoisotopic (exact) mass is 366 g/mol. The molecule has 2 heterocycles. The molecule has 1 aliphatic rings. The van der Waals surface area contributed by atoms with Gasteiger partial charge in [-0.05, 0) is 36.4 Å². The van der Waals surface area contributed by atoms with Crippen LogP contribution >= 0.6 is 0 Å². The van der Waals surface area contributed by atoms with Gasteiger partial charge in [-0.15, -0.1) is 0 Å². The van der Waals surface area contributed by atoms with Crippen molar-refractivity contribution in [1.29, 1.82) is 0 Å². The molecule has 2 aromatic carbocycles. The van der Waals surface area contributed by atoms with Gasteiger partial charge in [-0.1, -0.05) is 12.1 Å². The number of para-hydroxylation sites is 2. The summed E-state index contributed by atoms with van der Waals surface area (Å²) < 4.78 is 18.0. The molecule has 0 spiro atoms. The average molecular weight is 366 g/mol. The van der Waals surface area contributed by atoms with E-state index in [2.05, 4.69) is 14.9 Å². The lowest BCUT2D eigenvalue weighted by molar-refractivity contribution is 0.0595. The molecule has 1 aliphatic heterocycles. The molecular weight excluding hydrogens is 347 g/mol. The van der Waals surface area contributed by atoms with Gasteiger partial charge in [-0.3, -0.25) is 0 Å². The van der Waals surface area contributed by atoms with Gasteiger partial charge in [0.1, 0.15) is 5.82 Å². The Kier molecular flexibility index (Phi) is 4.58. The van der Waals surface area contributed by atoms with Crippen LogP contribution in [-0.2, 0) is 4.74 Å². The quantitative estimate of drug-likeness (QED) is 0.665. The Morgan fingerprint density at radius 2 is 1.52 bits per heavy atom. The first-order valence-corrected chi connectivity index (χ1v) is 8.76. The Morgan fingerprint density at radius 3 is 2.15 bits per heavy atom. The number of hydrogen-bond acceptors (Lipinski definition) is 6. The molecule has 1 saturated heterocycles. The third-order valence-corrected chi connectivity index (χ3v) is 4.70. The van der Waals surface area contributed by atoms with Crippen molar-refractivity contribution < 1.29 is 13.9 Å². The van der Waals surface area contributed by atoms with Crippen LogP contribution in [0.1, 0.15) is 10.5 Å². The van der Waals surface area contributed by atoms with Gasteiger partial charge in [-0.25, -0.2) is 19.2 Å². The van der Waals surface area contributed by atoms with Gasteiger partial charge >= 0.3 is 5.97 Å². The maximum atomic E-state index is 13.1. The molecule has 7 heteroatoms. The fourth-order valence-corrected chi connectivity index (χ4v) is 3.27. The lowest BCUT2D eigenvalue weighted by atomic mass is 10.2. The summed E-state index contributed by atoms with van der Waals surface area (Å²) in [5, 5.41) is 0. The predicted molar refractivity (Wildman–Crippen MR) is 102 cm³/mol. The fourth-order valence-electron chi connectivity index (χ4n) is 3.27. The van der Waals surface area contributed by atoms with Gasteiger partial charge in [0.15, 0.2) is 11.5 Å². The van der Waals surface area contributed by atoms with E-state index in [9.17, 15) is 9.18 Å². The van der Waals surface area contributed by atoms with Crippen LogP contribution in [0.4, 0.5) is 15.9 Å². The highest BCUT2D eigenvalue weighted by Crippen LogP contribution is 2.24. The number of nitrogens with zero attached hydrogens (tertiary/aromatic N) is 4. The topological polar surface area (TPSA) is 58.6 Å². The minimum absolute atomic E-state index is 0.228. The summed E-state index contributed by atoms with van der Waals surface area (Å²) in [6.45, 7) is 2.82. The molecule has 0 bridgehead atoms. The minimum Gasteiger partial charge on any atom is -0.464 e. The average Bonchev–Trinajstić information content (AvgIpc) is 2.73. The van der Waals surface area contributed by atoms with Crippen molar-refractivity contribution in [2.75, 3.05) is 43.1 Å². The lowest BCUT2D eigenvalue weighted by Gasteiger charge is -2.37. The number of benzene rings is 2. The number of hydrogen-bond donors (Lipinski definition) is 0. The van der Waals surface area contributed by atoms with Gasteiger partial charge in [0.25, 0.3) is 0 Å². The molecule has 0 radical (unpaired) electrons. The van der Waals surface area contributed by atoms with E-state index >= 15 is 0 Å². The number of anilines is 2. The van der Waals surface area contributed by atoms with E-state index in [4.69, 9.17) is 4.74 Å². The van der Waals surface area contributed by atoms with Crippen molar-refractivity contribution in [2.45, 2.75) is 0 Å². The molecule has 0 atom stereocenters. The molecule has 0 amide bonds. The van der Waals surface area contributed by atoms with E-state index in [1.54, 1.807) is 12.1 Å². The Labute approximate surface area is 156 Å². The van der Waals surface area contributed by atoms with Gasteiger partial charge in [-0.2, -0.15) is 0 Å². The number of piperazine rings is 1. The summed E-state index contributed by atoms with van der Waals surface area (Å²) in [5.41, 5.74) is 2.60. The van der Waals surface area contributed by atoms with E-state index < -0.39 is 5.97 Å². The number of halogens is 1. The van der Waals surface area contributed by atoms with E-state index in [1.807, 2.05) is 29.2 Å². The van der Waals surface area contributed by atoms with E-state index in [-0.39, 0.29) is 11.5 Å². The Hall–Kier alpha value is -3.22. The molecule has 27 heavy (non-hydrogen) atoms. The van der Waals surface area contributed by atoms with Gasteiger partial charge in [0.2, 0.25) is 0 Å². The number of esters is 1. The summed E-state index contributed by atoms with van der Waals surface area (Å²) in [4.78, 5) is 25.6. The summed E-state index contributed by atoms with van der Waals surface area (Å²) in [5.74, 6) is -0.199. The van der Waals surface area contributed by atoms with Crippen molar-refractivity contribution >= 4 is 28.5 Å². The molecule has 4 rings (SSSR count).